The zero-order valence-electron chi connectivity index (χ0n) is 10.3. The number of rotatable bonds is 4. The van der Waals surface area contributed by atoms with E-state index in [2.05, 4.69) is 29.3 Å². The molecule has 1 fully saturated rings. The van der Waals surface area contributed by atoms with Crippen LogP contribution in [0.3, 0.4) is 0 Å². The summed E-state index contributed by atoms with van der Waals surface area (Å²) < 4.78 is 1.98. The second-order valence-corrected chi connectivity index (χ2v) is 4.86. The van der Waals surface area contributed by atoms with Gasteiger partial charge in [-0.3, -0.25) is 4.68 Å². The van der Waals surface area contributed by atoms with E-state index in [1.807, 2.05) is 23.1 Å². The summed E-state index contributed by atoms with van der Waals surface area (Å²) in [6.45, 7) is 6.73. The topological polar surface area (TPSA) is 33.1 Å². The highest BCUT2D eigenvalue weighted by molar-refractivity contribution is 4.82. The molecule has 2 unspecified atom stereocenters. The van der Waals surface area contributed by atoms with Gasteiger partial charge < -0.3 is 10.2 Å². The van der Waals surface area contributed by atoms with Gasteiger partial charge in [0.1, 0.15) is 0 Å². The molecule has 2 atom stereocenters. The fourth-order valence-corrected chi connectivity index (χ4v) is 2.45. The first-order valence-corrected chi connectivity index (χ1v) is 6.15. The van der Waals surface area contributed by atoms with Crippen LogP contribution in [0.4, 0.5) is 0 Å². The van der Waals surface area contributed by atoms with Gasteiger partial charge in [0.2, 0.25) is 0 Å². The highest BCUT2D eigenvalue weighted by Gasteiger charge is 2.23. The molecule has 16 heavy (non-hydrogen) atoms. The van der Waals surface area contributed by atoms with Crippen molar-refractivity contribution in [3.05, 3.63) is 18.5 Å². The molecule has 0 saturated carbocycles. The Bertz CT molecular complexity index is 296. The lowest BCUT2D eigenvalue weighted by atomic mass is 9.94. The van der Waals surface area contributed by atoms with Gasteiger partial charge >= 0.3 is 0 Å². The van der Waals surface area contributed by atoms with Crippen molar-refractivity contribution >= 4 is 0 Å². The van der Waals surface area contributed by atoms with Crippen molar-refractivity contribution < 1.29 is 0 Å². The van der Waals surface area contributed by atoms with Crippen molar-refractivity contribution in [1.82, 2.24) is 20.0 Å². The van der Waals surface area contributed by atoms with Crippen LogP contribution in [0.2, 0.25) is 0 Å². The molecule has 1 aromatic rings. The van der Waals surface area contributed by atoms with E-state index < -0.39 is 0 Å². The fourth-order valence-electron chi connectivity index (χ4n) is 2.45. The van der Waals surface area contributed by atoms with Crippen LogP contribution in [0.1, 0.15) is 13.3 Å². The number of hydrogen-bond acceptors (Lipinski definition) is 3. The number of nitrogens with zero attached hydrogens (tertiary/aromatic N) is 3. The monoisotopic (exact) mass is 222 g/mol. The Morgan fingerprint density at radius 1 is 1.50 bits per heavy atom. The maximum Gasteiger partial charge on any atom is 0.0534 e. The summed E-state index contributed by atoms with van der Waals surface area (Å²) in [6, 6.07) is 2.64. The minimum Gasteiger partial charge on any atom is -0.312 e. The lowest BCUT2D eigenvalue weighted by Crippen LogP contribution is -2.47. The molecule has 1 aliphatic heterocycles. The standard InChI is InChI=1S/C12H22N4/c1-11-10-15(2)8-4-12(11)13-6-9-16-7-3-5-14-16/h3,5,7,11-13H,4,6,8-10H2,1-2H3. The van der Waals surface area contributed by atoms with Crippen molar-refractivity contribution in [3.8, 4) is 0 Å². The van der Waals surface area contributed by atoms with E-state index in [1.54, 1.807) is 0 Å². The van der Waals surface area contributed by atoms with Crippen LogP contribution < -0.4 is 5.32 Å². The van der Waals surface area contributed by atoms with Crippen molar-refractivity contribution in [2.75, 3.05) is 26.7 Å². The highest BCUT2D eigenvalue weighted by atomic mass is 15.3. The molecule has 1 aliphatic rings. The molecule has 4 heteroatoms. The Kier molecular flexibility index (Phi) is 3.96. The summed E-state index contributed by atoms with van der Waals surface area (Å²) in [6.07, 6.45) is 5.11. The zero-order valence-corrected chi connectivity index (χ0v) is 10.3. The average molecular weight is 222 g/mol. The molecule has 0 aliphatic carbocycles. The van der Waals surface area contributed by atoms with E-state index in [9.17, 15) is 0 Å². The van der Waals surface area contributed by atoms with E-state index in [0.29, 0.717) is 6.04 Å². The molecule has 2 rings (SSSR count). The second-order valence-electron chi connectivity index (χ2n) is 4.86. The van der Waals surface area contributed by atoms with Crippen molar-refractivity contribution in [2.45, 2.75) is 25.9 Å². The molecule has 1 aromatic heterocycles. The van der Waals surface area contributed by atoms with Gasteiger partial charge in [-0.25, -0.2) is 0 Å². The van der Waals surface area contributed by atoms with Crippen molar-refractivity contribution in [2.24, 2.45) is 5.92 Å². The maximum absolute atomic E-state index is 4.20. The van der Waals surface area contributed by atoms with Crippen LogP contribution in [0.5, 0.6) is 0 Å². The molecule has 2 heterocycles. The molecule has 0 spiro atoms. The third-order valence-electron chi connectivity index (χ3n) is 3.41. The third-order valence-corrected chi connectivity index (χ3v) is 3.41. The first-order chi connectivity index (χ1) is 7.75. The highest BCUT2D eigenvalue weighted by Crippen LogP contribution is 2.14. The number of hydrogen-bond donors (Lipinski definition) is 1. The number of likely N-dealkylation sites (tertiary alicyclic amines) is 1. The van der Waals surface area contributed by atoms with Crippen LogP contribution in [-0.4, -0.2) is 47.4 Å². The van der Waals surface area contributed by atoms with Crippen LogP contribution in [0, 0.1) is 5.92 Å². The first-order valence-electron chi connectivity index (χ1n) is 6.15. The molecule has 0 radical (unpaired) electrons. The summed E-state index contributed by atoms with van der Waals surface area (Å²) in [7, 11) is 2.20. The summed E-state index contributed by atoms with van der Waals surface area (Å²) in [5.41, 5.74) is 0. The average Bonchev–Trinajstić information content (AvgIpc) is 2.74. The second kappa shape index (κ2) is 5.46. The van der Waals surface area contributed by atoms with Crippen molar-refractivity contribution in [3.63, 3.8) is 0 Å². The van der Waals surface area contributed by atoms with Gasteiger partial charge in [0, 0.05) is 31.5 Å². The van der Waals surface area contributed by atoms with E-state index in [-0.39, 0.29) is 0 Å². The number of aromatic nitrogens is 2. The molecular weight excluding hydrogens is 200 g/mol. The largest absolute Gasteiger partial charge is 0.312 e. The van der Waals surface area contributed by atoms with Crippen LogP contribution in [-0.2, 0) is 6.54 Å². The van der Waals surface area contributed by atoms with Gasteiger partial charge in [-0.15, -0.1) is 0 Å². The van der Waals surface area contributed by atoms with Crippen LogP contribution in [0.15, 0.2) is 18.5 Å². The summed E-state index contributed by atoms with van der Waals surface area (Å²) in [4.78, 5) is 2.41. The Hall–Kier alpha value is -0.870. The molecule has 4 nitrogen and oxygen atoms in total. The van der Waals surface area contributed by atoms with E-state index in [0.717, 1.165) is 19.0 Å². The Morgan fingerprint density at radius 3 is 3.06 bits per heavy atom. The van der Waals surface area contributed by atoms with Gasteiger partial charge in [-0.05, 0) is 32.0 Å². The van der Waals surface area contributed by atoms with E-state index >= 15 is 0 Å². The van der Waals surface area contributed by atoms with E-state index in [4.69, 9.17) is 0 Å². The molecule has 0 aromatic carbocycles. The summed E-state index contributed by atoms with van der Waals surface area (Å²) in [5, 5.41) is 7.84. The lowest BCUT2D eigenvalue weighted by Gasteiger charge is -2.35. The zero-order chi connectivity index (χ0) is 11.4. The van der Waals surface area contributed by atoms with Gasteiger partial charge in [0.15, 0.2) is 0 Å². The quantitative estimate of drug-likeness (QED) is 0.818. The van der Waals surface area contributed by atoms with Gasteiger partial charge in [0.05, 0.1) is 6.54 Å². The molecular formula is C12H22N4. The maximum atomic E-state index is 4.20. The van der Waals surface area contributed by atoms with Gasteiger partial charge in [-0.2, -0.15) is 5.10 Å². The van der Waals surface area contributed by atoms with Crippen LogP contribution >= 0.6 is 0 Å². The predicted octanol–water partition coefficient (Wildman–Crippen LogP) is 0.813. The smallest absolute Gasteiger partial charge is 0.0534 e. The van der Waals surface area contributed by atoms with Gasteiger partial charge in [0.25, 0.3) is 0 Å². The lowest BCUT2D eigenvalue weighted by molar-refractivity contribution is 0.174. The number of nitrogens with one attached hydrogen (secondary N) is 1. The molecule has 1 N–H and O–H groups in total. The predicted molar refractivity (Wildman–Crippen MR) is 65.3 cm³/mol. The molecule has 90 valence electrons. The van der Waals surface area contributed by atoms with Crippen LogP contribution in [0.25, 0.3) is 0 Å². The molecule has 0 bridgehead atoms. The SMILES string of the molecule is CC1CN(C)CCC1NCCn1cccn1. The van der Waals surface area contributed by atoms with Gasteiger partial charge in [-0.1, -0.05) is 6.92 Å². The molecule has 0 amide bonds. The minimum atomic E-state index is 0.673. The summed E-state index contributed by atoms with van der Waals surface area (Å²) in [5.74, 6) is 0.747. The number of piperidine rings is 1. The Balaban J connectivity index is 1.69. The third kappa shape index (κ3) is 3.06. The Morgan fingerprint density at radius 2 is 2.38 bits per heavy atom. The van der Waals surface area contributed by atoms with E-state index in [1.165, 1.54) is 19.5 Å². The minimum absolute atomic E-state index is 0.673. The Labute approximate surface area is 97.6 Å². The normalized spacial score (nSPS) is 27.1. The van der Waals surface area contributed by atoms with Crippen molar-refractivity contribution in [1.29, 1.82) is 0 Å². The summed E-state index contributed by atoms with van der Waals surface area (Å²) >= 11 is 0. The molecule has 1 saturated heterocycles. The first kappa shape index (κ1) is 11.6. The fraction of sp³-hybridized carbons (Fsp3) is 0.750.